The van der Waals surface area contributed by atoms with E-state index < -0.39 is 0 Å². The van der Waals surface area contributed by atoms with Gasteiger partial charge in [-0.05, 0) is 31.6 Å². The topological polar surface area (TPSA) is 26.0 Å². The molecular weight excluding hydrogens is 134 g/mol. The van der Waals surface area contributed by atoms with Gasteiger partial charge in [0.2, 0.25) is 0 Å². The Labute approximate surface area is 69.4 Å². The first-order valence-corrected chi connectivity index (χ1v) is 5.07. The molecule has 2 saturated carbocycles. The van der Waals surface area contributed by atoms with E-state index in [0.29, 0.717) is 5.54 Å². The smallest absolute Gasteiger partial charge is 0.0155 e. The number of nitrogens with two attached hydrogens (primary N) is 1. The molecule has 2 aliphatic rings. The molecular formula is C10H19N. The fraction of sp³-hybridized carbons (Fsp3) is 1.00. The minimum Gasteiger partial charge on any atom is -0.325 e. The van der Waals surface area contributed by atoms with E-state index in [2.05, 4.69) is 0 Å². The molecule has 1 heteroatoms. The highest BCUT2D eigenvalue weighted by Crippen LogP contribution is 2.39. The Morgan fingerprint density at radius 2 is 1.82 bits per heavy atom. The largest absolute Gasteiger partial charge is 0.325 e. The SMILES string of the molecule is NC1(CCC2CCCC2)CC1. The van der Waals surface area contributed by atoms with Crippen LogP contribution in [0.3, 0.4) is 0 Å². The third-order valence-electron chi connectivity index (χ3n) is 3.42. The second-order valence-electron chi connectivity index (χ2n) is 4.55. The van der Waals surface area contributed by atoms with E-state index in [1.165, 1.54) is 51.4 Å². The molecule has 0 saturated heterocycles. The Morgan fingerprint density at radius 3 is 2.36 bits per heavy atom. The van der Waals surface area contributed by atoms with Crippen LogP contribution in [0.2, 0.25) is 0 Å². The summed E-state index contributed by atoms with van der Waals surface area (Å²) in [6.45, 7) is 0. The third kappa shape index (κ3) is 1.96. The van der Waals surface area contributed by atoms with Crippen molar-refractivity contribution < 1.29 is 0 Å². The van der Waals surface area contributed by atoms with E-state index in [4.69, 9.17) is 5.73 Å². The van der Waals surface area contributed by atoms with Gasteiger partial charge in [-0.15, -0.1) is 0 Å². The molecule has 0 aromatic heterocycles. The normalized spacial score (nSPS) is 29.2. The predicted octanol–water partition coefficient (Wildman–Crippen LogP) is 2.45. The highest BCUT2D eigenvalue weighted by Gasteiger charge is 2.37. The lowest BCUT2D eigenvalue weighted by Gasteiger charge is -2.12. The molecule has 0 aliphatic heterocycles. The minimum absolute atomic E-state index is 0.308. The van der Waals surface area contributed by atoms with Crippen LogP contribution in [-0.4, -0.2) is 5.54 Å². The van der Waals surface area contributed by atoms with Gasteiger partial charge in [0.15, 0.2) is 0 Å². The Hall–Kier alpha value is -0.0400. The average Bonchev–Trinajstić information content (AvgIpc) is 2.53. The molecule has 0 unspecified atom stereocenters. The number of rotatable bonds is 3. The van der Waals surface area contributed by atoms with Crippen LogP contribution in [0, 0.1) is 5.92 Å². The lowest BCUT2D eigenvalue weighted by Crippen LogP contribution is -2.22. The summed E-state index contributed by atoms with van der Waals surface area (Å²) in [5, 5.41) is 0. The van der Waals surface area contributed by atoms with Crippen molar-refractivity contribution >= 4 is 0 Å². The molecule has 2 rings (SSSR count). The molecule has 2 N–H and O–H groups in total. The van der Waals surface area contributed by atoms with E-state index in [1.807, 2.05) is 0 Å². The van der Waals surface area contributed by atoms with Gasteiger partial charge in [0, 0.05) is 5.54 Å². The Bertz CT molecular complexity index is 132. The molecule has 11 heavy (non-hydrogen) atoms. The lowest BCUT2D eigenvalue weighted by molar-refractivity contribution is 0.441. The van der Waals surface area contributed by atoms with E-state index in [-0.39, 0.29) is 0 Å². The number of hydrogen-bond donors (Lipinski definition) is 1. The first kappa shape index (κ1) is 7.60. The molecule has 2 aliphatic carbocycles. The average molecular weight is 153 g/mol. The summed E-state index contributed by atoms with van der Waals surface area (Å²) >= 11 is 0. The molecule has 0 atom stereocenters. The van der Waals surface area contributed by atoms with E-state index in [0.717, 1.165) is 5.92 Å². The van der Waals surface area contributed by atoms with Gasteiger partial charge in [-0.3, -0.25) is 0 Å². The Morgan fingerprint density at radius 1 is 1.18 bits per heavy atom. The van der Waals surface area contributed by atoms with E-state index in [9.17, 15) is 0 Å². The van der Waals surface area contributed by atoms with Crippen LogP contribution in [-0.2, 0) is 0 Å². The molecule has 0 spiro atoms. The second kappa shape index (κ2) is 2.78. The van der Waals surface area contributed by atoms with Gasteiger partial charge in [-0.2, -0.15) is 0 Å². The van der Waals surface area contributed by atoms with Gasteiger partial charge in [-0.25, -0.2) is 0 Å². The van der Waals surface area contributed by atoms with E-state index in [1.54, 1.807) is 0 Å². The van der Waals surface area contributed by atoms with Gasteiger partial charge in [0.05, 0.1) is 0 Å². The zero-order valence-electron chi connectivity index (χ0n) is 7.31. The van der Waals surface area contributed by atoms with Crippen molar-refractivity contribution in [2.75, 3.05) is 0 Å². The highest BCUT2D eigenvalue weighted by atomic mass is 14.8. The van der Waals surface area contributed by atoms with Crippen LogP contribution in [0.5, 0.6) is 0 Å². The molecule has 2 fully saturated rings. The van der Waals surface area contributed by atoms with Crippen molar-refractivity contribution in [1.29, 1.82) is 0 Å². The van der Waals surface area contributed by atoms with E-state index >= 15 is 0 Å². The summed E-state index contributed by atoms with van der Waals surface area (Å²) in [6.07, 6.45) is 11.2. The first-order chi connectivity index (χ1) is 5.29. The van der Waals surface area contributed by atoms with Crippen LogP contribution in [0.1, 0.15) is 51.4 Å². The summed E-state index contributed by atoms with van der Waals surface area (Å²) < 4.78 is 0. The Balaban J connectivity index is 1.65. The van der Waals surface area contributed by atoms with Crippen molar-refractivity contribution in [2.45, 2.75) is 56.9 Å². The van der Waals surface area contributed by atoms with Crippen LogP contribution in [0.15, 0.2) is 0 Å². The number of hydrogen-bond acceptors (Lipinski definition) is 1. The first-order valence-electron chi connectivity index (χ1n) is 5.07. The van der Waals surface area contributed by atoms with Gasteiger partial charge in [-0.1, -0.05) is 25.7 Å². The minimum atomic E-state index is 0.308. The molecule has 0 aromatic carbocycles. The maximum Gasteiger partial charge on any atom is 0.0155 e. The fourth-order valence-corrected chi connectivity index (χ4v) is 2.20. The summed E-state index contributed by atoms with van der Waals surface area (Å²) in [5.74, 6) is 1.04. The van der Waals surface area contributed by atoms with Crippen LogP contribution in [0.25, 0.3) is 0 Å². The van der Waals surface area contributed by atoms with Crippen molar-refractivity contribution in [3.63, 3.8) is 0 Å². The van der Waals surface area contributed by atoms with Crippen molar-refractivity contribution in [1.82, 2.24) is 0 Å². The standard InChI is InChI=1S/C10H19N/c11-10(7-8-10)6-5-9-3-1-2-4-9/h9H,1-8,11H2. The molecule has 0 amide bonds. The molecule has 1 nitrogen and oxygen atoms in total. The predicted molar refractivity (Wildman–Crippen MR) is 47.3 cm³/mol. The van der Waals surface area contributed by atoms with Crippen LogP contribution < -0.4 is 5.73 Å². The van der Waals surface area contributed by atoms with Crippen LogP contribution >= 0.6 is 0 Å². The van der Waals surface area contributed by atoms with Crippen molar-refractivity contribution in [2.24, 2.45) is 11.7 Å². The molecule has 64 valence electrons. The van der Waals surface area contributed by atoms with Gasteiger partial charge in [0.25, 0.3) is 0 Å². The van der Waals surface area contributed by atoms with Crippen molar-refractivity contribution in [3.05, 3.63) is 0 Å². The quantitative estimate of drug-likeness (QED) is 0.662. The molecule has 0 aromatic rings. The monoisotopic (exact) mass is 153 g/mol. The molecule has 0 bridgehead atoms. The van der Waals surface area contributed by atoms with Gasteiger partial charge >= 0.3 is 0 Å². The summed E-state index contributed by atoms with van der Waals surface area (Å²) in [4.78, 5) is 0. The zero-order chi connectivity index (χ0) is 7.73. The summed E-state index contributed by atoms with van der Waals surface area (Å²) in [6, 6.07) is 0. The van der Waals surface area contributed by atoms with Gasteiger partial charge < -0.3 is 5.73 Å². The zero-order valence-corrected chi connectivity index (χ0v) is 7.31. The maximum atomic E-state index is 6.02. The van der Waals surface area contributed by atoms with Crippen LogP contribution in [0.4, 0.5) is 0 Å². The fourth-order valence-electron chi connectivity index (χ4n) is 2.20. The maximum absolute atomic E-state index is 6.02. The lowest BCUT2D eigenvalue weighted by atomic mass is 9.98. The third-order valence-corrected chi connectivity index (χ3v) is 3.42. The second-order valence-corrected chi connectivity index (χ2v) is 4.55. The summed E-state index contributed by atoms with van der Waals surface area (Å²) in [7, 11) is 0. The summed E-state index contributed by atoms with van der Waals surface area (Å²) in [5.41, 5.74) is 6.33. The van der Waals surface area contributed by atoms with Gasteiger partial charge in [0.1, 0.15) is 0 Å². The highest BCUT2D eigenvalue weighted by molar-refractivity contribution is 4.98. The molecule has 0 heterocycles. The molecule has 0 radical (unpaired) electrons. The Kier molecular flexibility index (Phi) is 1.92. The van der Waals surface area contributed by atoms with Crippen molar-refractivity contribution in [3.8, 4) is 0 Å².